The maximum atomic E-state index is 13.2. The van der Waals surface area contributed by atoms with Crippen LogP contribution in [0, 0.1) is 0 Å². The van der Waals surface area contributed by atoms with E-state index in [2.05, 4.69) is 0 Å². The van der Waals surface area contributed by atoms with Gasteiger partial charge in [-0.3, -0.25) is 9.69 Å². The number of likely N-dealkylation sites (N-methyl/N-ethyl adjacent to an activating group) is 1. The molecule has 7 heteroatoms. The van der Waals surface area contributed by atoms with Crippen LogP contribution in [0.5, 0.6) is 0 Å². The van der Waals surface area contributed by atoms with Gasteiger partial charge >= 0.3 is 6.09 Å². The van der Waals surface area contributed by atoms with Gasteiger partial charge in [-0.1, -0.05) is 29.3 Å². The average Bonchev–Trinajstić information content (AvgIpc) is 2.59. The second-order valence-electron chi connectivity index (χ2n) is 7.77. The number of benzene rings is 1. The van der Waals surface area contributed by atoms with Crippen LogP contribution in [-0.2, 0) is 16.1 Å². The van der Waals surface area contributed by atoms with Crippen molar-refractivity contribution in [2.45, 2.75) is 65.1 Å². The third kappa shape index (κ3) is 6.01. The van der Waals surface area contributed by atoms with Crippen molar-refractivity contribution in [3.05, 3.63) is 33.8 Å². The number of halogens is 2. The lowest BCUT2D eigenvalue weighted by molar-refractivity contribution is -0.138. The van der Waals surface area contributed by atoms with Crippen LogP contribution in [-0.4, -0.2) is 46.5 Å². The van der Waals surface area contributed by atoms with E-state index in [1.807, 2.05) is 33.8 Å². The standard InChI is InChI=1S/C20H28Cl2N2O3/c1-5-23(13-14-9-10-15(21)12-16(14)22)18(25)17-8-6-7-11-24(17)19(26)27-20(2,3)4/h9-10,12,17H,5-8,11,13H2,1-4H3/t17-/m1/s1. The zero-order chi connectivity index (χ0) is 20.2. The zero-order valence-corrected chi connectivity index (χ0v) is 17.9. The first-order valence-corrected chi connectivity index (χ1v) is 10.1. The number of carbonyl (C=O) groups excluding carboxylic acids is 2. The highest BCUT2D eigenvalue weighted by atomic mass is 35.5. The smallest absolute Gasteiger partial charge is 0.410 e. The number of hydrogen-bond acceptors (Lipinski definition) is 3. The number of carbonyl (C=O) groups is 2. The molecule has 0 N–H and O–H groups in total. The Bertz CT molecular complexity index is 688. The SMILES string of the molecule is CCN(Cc1ccc(Cl)cc1Cl)C(=O)[C@H]1CCCCN1C(=O)OC(C)(C)C. The van der Waals surface area contributed by atoms with Gasteiger partial charge in [-0.05, 0) is 64.7 Å². The van der Waals surface area contributed by atoms with Crippen LogP contribution in [0.2, 0.25) is 10.0 Å². The highest BCUT2D eigenvalue weighted by Gasteiger charge is 2.36. The summed E-state index contributed by atoms with van der Waals surface area (Å²) in [5.41, 5.74) is 0.236. The summed E-state index contributed by atoms with van der Waals surface area (Å²) in [5.74, 6) is -0.0749. The number of amides is 2. The Balaban J connectivity index is 2.16. The second-order valence-corrected chi connectivity index (χ2v) is 8.62. The minimum absolute atomic E-state index is 0.0749. The molecule has 0 bridgehead atoms. The van der Waals surface area contributed by atoms with E-state index in [9.17, 15) is 9.59 Å². The van der Waals surface area contributed by atoms with E-state index < -0.39 is 17.7 Å². The van der Waals surface area contributed by atoms with Crippen molar-refractivity contribution in [2.24, 2.45) is 0 Å². The van der Waals surface area contributed by atoms with E-state index in [-0.39, 0.29) is 5.91 Å². The first-order valence-electron chi connectivity index (χ1n) is 9.34. The molecule has 0 saturated carbocycles. The van der Waals surface area contributed by atoms with Crippen LogP contribution in [0.15, 0.2) is 18.2 Å². The van der Waals surface area contributed by atoms with Crippen molar-refractivity contribution in [3.63, 3.8) is 0 Å². The number of hydrogen-bond donors (Lipinski definition) is 0. The fourth-order valence-electron chi connectivity index (χ4n) is 3.14. The van der Waals surface area contributed by atoms with Crippen LogP contribution >= 0.6 is 23.2 Å². The summed E-state index contributed by atoms with van der Waals surface area (Å²) in [6, 6.07) is 4.76. The Kier molecular flexibility index (Phi) is 7.40. The molecule has 1 atom stereocenters. The molecule has 1 heterocycles. The molecule has 1 aliphatic rings. The summed E-state index contributed by atoms with van der Waals surface area (Å²) in [6.45, 7) is 8.83. The number of rotatable bonds is 4. The van der Waals surface area contributed by atoms with E-state index in [0.29, 0.717) is 36.1 Å². The van der Waals surface area contributed by atoms with E-state index in [4.69, 9.17) is 27.9 Å². The number of ether oxygens (including phenoxy) is 1. The predicted octanol–water partition coefficient (Wildman–Crippen LogP) is 5.13. The van der Waals surface area contributed by atoms with Crippen molar-refractivity contribution < 1.29 is 14.3 Å². The number of likely N-dealkylation sites (tertiary alicyclic amines) is 1. The van der Waals surface area contributed by atoms with Crippen LogP contribution in [0.25, 0.3) is 0 Å². The van der Waals surface area contributed by atoms with Crippen molar-refractivity contribution in [1.82, 2.24) is 9.80 Å². The summed E-state index contributed by atoms with van der Waals surface area (Å²) >= 11 is 12.2. The summed E-state index contributed by atoms with van der Waals surface area (Å²) in [5, 5.41) is 1.09. The van der Waals surface area contributed by atoms with Gasteiger partial charge < -0.3 is 9.64 Å². The lowest BCUT2D eigenvalue weighted by Crippen LogP contribution is -2.53. The Hall–Kier alpha value is -1.46. The third-order valence-electron chi connectivity index (χ3n) is 4.49. The van der Waals surface area contributed by atoms with Gasteiger partial charge in [0.25, 0.3) is 0 Å². The minimum atomic E-state index is -0.594. The molecule has 1 aromatic rings. The number of piperidine rings is 1. The van der Waals surface area contributed by atoms with Gasteiger partial charge in [-0.15, -0.1) is 0 Å². The Morgan fingerprint density at radius 3 is 2.56 bits per heavy atom. The Morgan fingerprint density at radius 2 is 1.96 bits per heavy atom. The van der Waals surface area contributed by atoms with E-state index in [1.54, 1.807) is 21.9 Å². The lowest BCUT2D eigenvalue weighted by Gasteiger charge is -2.38. The Morgan fingerprint density at radius 1 is 1.26 bits per heavy atom. The molecular formula is C20H28Cl2N2O3. The van der Waals surface area contributed by atoms with Gasteiger partial charge in [-0.25, -0.2) is 4.79 Å². The van der Waals surface area contributed by atoms with Gasteiger partial charge in [0, 0.05) is 29.7 Å². The summed E-state index contributed by atoms with van der Waals surface area (Å²) in [7, 11) is 0. The van der Waals surface area contributed by atoms with Gasteiger partial charge in [0.2, 0.25) is 5.91 Å². The molecule has 0 spiro atoms. The molecule has 1 saturated heterocycles. The zero-order valence-electron chi connectivity index (χ0n) is 16.4. The van der Waals surface area contributed by atoms with Gasteiger partial charge in [0.15, 0.2) is 0 Å². The van der Waals surface area contributed by atoms with E-state index in [1.165, 1.54) is 0 Å². The first kappa shape index (κ1) is 21.8. The first-order chi connectivity index (χ1) is 12.6. The van der Waals surface area contributed by atoms with E-state index in [0.717, 1.165) is 18.4 Å². The topological polar surface area (TPSA) is 49.9 Å². The largest absolute Gasteiger partial charge is 0.444 e. The van der Waals surface area contributed by atoms with Crippen LogP contribution in [0.3, 0.4) is 0 Å². The monoisotopic (exact) mass is 414 g/mol. The molecule has 5 nitrogen and oxygen atoms in total. The molecule has 2 amide bonds. The highest BCUT2D eigenvalue weighted by molar-refractivity contribution is 6.35. The van der Waals surface area contributed by atoms with Crippen molar-refractivity contribution in [3.8, 4) is 0 Å². The molecular weight excluding hydrogens is 387 g/mol. The van der Waals surface area contributed by atoms with Gasteiger partial charge in [0.05, 0.1) is 0 Å². The Labute approximate surface area is 171 Å². The van der Waals surface area contributed by atoms with E-state index >= 15 is 0 Å². The maximum absolute atomic E-state index is 13.2. The summed E-state index contributed by atoms with van der Waals surface area (Å²) in [4.78, 5) is 29.1. The second kappa shape index (κ2) is 9.16. The number of nitrogens with zero attached hydrogens (tertiary/aromatic N) is 2. The summed E-state index contributed by atoms with van der Waals surface area (Å²) < 4.78 is 5.50. The fraction of sp³-hybridized carbons (Fsp3) is 0.600. The highest BCUT2D eigenvalue weighted by Crippen LogP contribution is 2.25. The van der Waals surface area contributed by atoms with Gasteiger partial charge in [-0.2, -0.15) is 0 Å². The fourth-order valence-corrected chi connectivity index (χ4v) is 3.61. The average molecular weight is 415 g/mol. The lowest BCUT2D eigenvalue weighted by atomic mass is 10.0. The van der Waals surface area contributed by atoms with Crippen LogP contribution in [0.1, 0.15) is 52.5 Å². The molecule has 0 aromatic heterocycles. The normalized spacial score (nSPS) is 17.6. The van der Waals surface area contributed by atoms with Crippen molar-refractivity contribution in [1.29, 1.82) is 0 Å². The molecule has 0 radical (unpaired) electrons. The maximum Gasteiger partial charge on any atom is 0.410 e. The molecule has 150 valence electrons. The van der Waals surface area contributed by atoms with Gasteiger partial charge in [0.1, 0.15) is 11.6 Å². The van der Waals surface area contributed by atoms with Crippen LogP contribution in [0.4, 0.5) is 4.79 Å². The quantitative estimate of drug-likeness (QED) is 0.685. The molecule has 0 unspecified atom stereocenters. The third-order valence-corrected chi connectivity index (χ3v) is 5.07. The predicted molar refractivity (Wildman–Crippen MR) is 108 cm³/mol. The summed E-state index contributed by atoms with van der Waals surface area (Å²) in [6.07, 6.45) is 2.00. The molecule has 27 heavy (non-hydrogen) atoms. The van der Waals surface area contributed by atoms with Crippen LogP contribution < -0.4 is 0 Å². The molecule has 2 rings (SSSR count). The molecule has 1 fully saturated rings. The minimum Gasteiger partial charge on any atom is -0.444 e. The molecule has 1 aliphatic heterocycles. The molecule has 1 aromatic carbocycles. The molecule has 0 aliphatic carbocycles. The van der Waals surface area contributed by atoms with Crippen molar-refractivity contribution in [2.75, 3.05) is 13.1 Å². The van der Waals surface area contributed by atoms with Crippen molar-refractivity contribution >= 4 is 35.2 Å².